The number of hydrogen-bond acceptors (Lipinski definition) is 4. The van der Waals surface area contributed by atoms with Crippen molar-refractivity contribution >= 4 is 40.9 Å². The molecule has 0 aliphatic carbocycles. The van der Waals surface area contributed by atoms with Gasteiger partial charge in [-0.1, -0.05) is 37.9 Å². The van der Waals surface area contributed by atoms with E-state index in [0.29, 0.717) is 17.9 Å². The average molecular weight is 442 g/mol. The molecule has 0 fully saturated rings. The molecule has 0 aromatic heterocycles. The third kappa shape index (κ3) is 6.72. The van der Waals surface area contributed by atoms with E-state index in [2.05, 4.69) is 5.32 Å². The molecule has 0 saturated heterocycles. The highest BCUT2D eigenvalue weighted by molar-refractivity contribution is 8.00. The monoisotopic (exact) mass is 441 g/mol. The standard InChI is InChI=1S/C21H22ClF2NO3S/c1-3-5-9-28-21(27)18(4-2)29-19-12-17(16(24)11-15(19)22)25-20(26)13-7-6-8-14(23)10-13/h6-8,10-12,18H,3-5,9H2,1-2H3,(H,25,26). The van der Waals surface area contributed by atoms with Crippen LogP contribution < -0.4 is 5.32 Å². The summed E-state index contributed by atoms with van der Waals surface area (Å²) in [7, 11) is 0. The van der Waals surface area contributed by atoms with Crippen LogP contribution in [-0.4, -0.2) is 23.7 Å². The van der Waals surface area contributed by atoms with E-state index in [1.54, 1.807) is 0 Å². The van der Waals surface area contributed by atoms with Crippen molar-refractivity contribution in [2.75, 3.05) is 11.9 Å². The summed E-state index contributed by atoms with van der Waals surface area (Å²) in [5.41, 5.74) is -0.0557. The number of benzene rings is 2. The van der Waals surface area contributed by atoms with Gasteiger partial charge in [0.05, 0.1) is 17.3 Å². The quantitative estimate of drug-likeness (QED) is 0.291. The molecule has 1 amide bonds. The van der Waals surface area contributed by atoms with Crippen molar-refractivity contribution in [1.82, 2.24) is 0 Å². The second kappa shape index (κ2) is 11.2. The maximum atomic E-state index is 14.3. The van der Waals surface area contributed by atoms with Gasteiger partial charge in [-0.25, -0.2) is 8.78 Å². The first-order valence-corrected chi connectivity index (χ1v) is 10.5. The van der Waals surface area contributed by atoms with Gasteiger partial charge in [0, 0.05) is 10.5 Å². The molecular formula is C21H22ClF2NO3S. The van der Waals surface area contributed by atoms with E-state index in [0.717, 1.165) is 36.7 Å². The van der Waals surface area contributed by atoms with E-state index in [1.165, 1.54) is 24.3 Å². The van der Waals surface area contributed by atoms with E-state index in [4.69, 9.17) is 16.3 Å². The second-order valence-electron chi connectivity index (χ2n) is 6.26. The first kappa shape index (κ1) is 23.2. The van der Waals surface area contributed by atoms with Crippen LogP contribution in [0.15, 0.2) is 41.3 Å². The van der Waals surface area contributed by atoms with Gasteiger partial charge < -0.3 is 10.1 Å². The lowest BCUT2D eigenvalue weighted by molar-refractivity contribution is -0.143. The lowest BCUT2D eigenvalue weighted by Crippen LogP contribution is -2.20. The topological polar surface area (TPSA) is 55.4 Å². The zero-order valence-electron chi connectivity index (χ0n) is 16.1. The number of thioether (sulfide) groups is 1. The fourth-order valence-electron chi connectivity index (χ4n) is 2.40. The maximum Gasteiger partial charge on any atom is 0.319 e. The number of nitrogens with one attached hydrogen (secondary N) is 1. The average Bonchev–Trinajstić information content (AvgIpc) is 2.69. The number of carbonyl (C=O) groups is 2. The third-order valence-electron chi connectivity index (χ3n) is 4.00. The largest absolute Gasteiger partial charge is 0.465 e. The van der Waals surface area contributed by atoms with Crippen LogP contribution in [0.1, 0.15) is 43.5 Å². The summed E-state index contributed by atoms with van der Waals surface area (Å²) in [6.07, 6.45) is 2.18. The molecule has 0 radical (unpaired) electrons. The van der Waals surface area contributed by atoms with Gasteiger partial charge in [-0.3, -0.25) is 9.59 Å². The Bertz CT molecular complexity index is 879. The second-order valence-corrected chi connectivity index (χ2v) is 7.91. The van der Waals surface area contributed by atoms with Crippen LogP contribution in [0.5, 0.6) is 0 Å². The normalized spacial score (nSPS) is 11.8. The molecule has 8 heteroatoms. The molecule has 1 unspecified atom stereocenters. The minimum atomic E-state index is -0.734. The summed E-state index contributed by atoms with van der Waals surface area (Å²) in [5.74, 6) is -2.33. The lowest BCUT2D eigenvalue weighted by Gasteiger charge is -2.16. The Kier molecular flexibility index (Phi) is 8.92. The van der Waals surface area contributed by atoms with E-state index in [9.17, 15) is 18.4 Å². The Balaban J connectivity index is 2.17. The molecule has 0 bridgehead atoms. The van der Waals surface area contributed by atoms with Crippen molar-refractivity contribution in [3.63, 3.8) is 0 Å². The Morgan fingerprint density at radius 1 is 1.21 bits per heavy atom. The van der Waals surface area contributed by atoms with Gasteiger partial charge >= 0.3 is 5.97 Å². The first-order chi connectivity index (χ1) is 13.8. The van der Waals surface area contributed by atoms with Crippen LogP contribution in [-0.2, 0) is 9.53 Å². The van der Waals surface area contributed by atoms with Crippen molar-refractivity contribution < 1.29 is 23.1 Å². The fourth-order valence-corrected chi connectivity index (χ4v) is 3.68. The Morgan fingerprint density at radius 3 is 2.62 bits per heavy atom. The highest BCUT2D eigenvalue weighted by Gasteiger charge is 2.22. The molecule has 1 atom stereocenters. The fraction of sp³-hybridized carbons (Fsp3) is 0.333. The van der Waals surface area contributed by atoms with E-state index in [1.807, 2.05) is 13.8 Å². The smallest absolute Gasteiger partial charge is 0.319 e. The predicted octanol–water partition coefficient (Wildman–Crippen LogP) is 6.08. The number of anilines is 1. The summed E-state index contributed by atoms with van der Waals surface area (Å²) in [6, 6.07) is 7.50. The molecule has 0 aliphatic heterocycles. The minimum absolute atomic E-state index is 0.0551. The van der Waals surface area contributed by atoms with Crippen LogP contribution in [0.3, 0.4) is 0 Å². The van der Waals surface area contributed by atoms with Gasteiger partial charge in [0.15, 0.2) is 0 Å². The van der Waals surface area contributed by atoms with Crippen LogP contribution in [0.25, 0.3) is 0 Å². The van der Waals surface area contributed by atoms with Gasteiger partial charge in [-0.05, 0) is 43.2 Å². The molecular weight excluding hydrogens is 420 g/mol. The molecule has 2 aromatic carbocycles. The lowest BCUT2D eigenvalue weighted by atomic mass is 10.2. The summed E-state index contributed by atoms with van der Waals surface area (Å²) in [4.78, 5) is 25.0. The number of rotatable bonds is 9. The van der Waals surface area contributed by atoms with Gasteiger partial charge in [-0.15, -0.1) is 11.8 Å². The Labute approximate surface area is 178 Å². The number of esters is 1. The van der Waals surface area contributed by atoms with E-state index < -0.39 is 22.8 Å². The van der Waals surface area contributed by atoms with Crippen LogP contribution in [0.4, 0.5) is 14.5 Å². The van der Waals surface area contributed by atoms with E-state index in [-0.39, 0.29) is 22.2 Å². The number of ether oxygens (including phenoxy) is 1. The van der Waals surface area contributed by atoms with Crippen LogP contribution in [0, 0.1) is 11.6 Å². The summed E-state index contributed by atoms with van der Waals surface area (Å²) < 4.78 is 32.9. The van der Waals surface area contributed by atoms with Crippen LogP contribution in [0.2, 0.25) is 5.02 Å². The number of halogens is 3. The zero-order valence-corrected chi connectivity index (χ0v) is 17.7. The SMILES string of the molecule is CCCCOC(=O)C(CC)Sc1cc(NC(=O)c2cccc(F)c2)c(F)cc1Cl. The van der Waals surface area contributed by atoms with Crippen LogP contribution >= 0.6 is 23.4 Å². The third-order valence-corrected chi connectivity index (χ3v) is 5.83. The van der Waals surface area contributed by atoms with E-state index >= 15 is 0 Å². The number of unbranched alkanes of at least 4 members (excludes halogenated alkanes) is 1. The Hall–Kier alpha value is -2.12. The molecule has 0 saturated carbocycles. The predicted molar refractivity (Wildman–Crippen MR) is 112 cm³/mol. The van der Waals surface area contributed by atoms with Crippen molar-refractivity contribution in [3.8, 4) is 0 Å². The highest BCUT2D eigenvalue weighted by atomic mass is 35.5. The molecule has 0 heterocycles. The summed E-state index contributed by atoms with van der Waals surface area (Å²) in [6.45, 7) is 4.18. The molecule has 0 aliphatic rings. The van der Waals surface area contributed by atoms with Gasteiger partial charge in [-0.2, -0.15) is 0 Å². The van der Waals surface area contributed by atoms with Gasteiger partial charge in [0.25, 0.3) is 5.91 Å². The van der Waals surface area contributed by atoms with Gasteiger partial charge in [0.1, 0.15) is 16.9 Å². The summed E-state index contributed by atoms with van der Waals surface area (Å²) in [5, 5.41) is 2.02. The molecule has 29 heavy (non-hydrogen) atoms. The molecule has 4 nitrogen and oxygen atoms in total. The van der Waals surface area contributed by atoms with Crippen molar-refractivity contribution in [3.05, 3.63) is 58.6 Å². The highest BCUT2D eigenvalue weighted by Crippen LogP contribution is 2.36. The number of hydrogen-bond donors (Lipinski definition) is 1. The molecule has 1 N–H and O–H groups in total. The molecule has 2 aromatic rings. The number of carbonyl (C=O) groups excluding carboxylic acids is 2. The number of amides is 1. The maximum absolute atomic E-state index is 14.3. The Morgan fingerprint density at radius 2 is 1.97 bits per heavy atom. The molecule has 0 spiro atoms. The molecule has 156 valence electrons. The van der Waals surface area contributed by atoms with Crippen molar-refractivity contribution in [2.24, 2.45) is 0 Å². The first-order valence-electron chi connectivity index (χ1n) is 9.25. The molecule has 2 rings (SSSR count). The van der Waals surface area contributed by atoms with Crippen molar-refractivity contribution in [2.45, 2.75) is 43.3 Å². The summed E-state index contributed by atoms with van der Waals surface area (Å²) >= 11 is 7.28. The van der Waals surface area contributed by atoms with Gasteiger partial charge in [0.2, 0.25) is 0 Å². The zero-order chi connectivity index (χ0) is 21.4. The van der Waals surface area contributed by atoms with Crippen molar-refractivity contribution in [1.29, 1.82) is 0 Å². The minimum Gasteiger partial charge on any atom is -0.465 e.